The zero-order valence-electron chi connectivity index (χ0n) is 6.28. The summed E-state index contributed by atoms with van der Waals surface area (Å²) in [5.74, 6) is -0.899. The van der Waals surface area contributed by atoms with Crippen LogP contribution in [0, 0.1) is 22.7 Å². The Hall–Kier alpha value is -2.07. The molecule has 0 bridgehead atoms. The molecule has 0 spiro atoms. The van der Waals surface area contributed by atoms with E-state index < -0.39 is 12.1 Å². The van der Waals surface area contributed by atoms with Crippen molar-refractivity contribution >= 4 is 5.97 Å². The highest BCUT2D eigenvalue weighted by molar-refractivity contribution is 5.92. The molecule has 0 aromatic rings. The maximum Gasteiger partial charge on any atom is 0.349 e. The van der Waals surface area contributed by atoms with Crippen molar-refractivity contribution in [3.8, 4) is 12.1 Å². The van der Waals surface area contributed by atoms with Gasteiger partial charge in [0.25, 0.3) is 0 Å². The molecule has 0 radical (unpaired) electrons. The van der Waals surface area contributed by atoms with Crippen molar-refractivity contribution in [2.24, 2.45) is 0 Å². The fourth-order valence-electron chi connectivity index (χ4n) is 0.359. The molecule has 0 amide bonds. The van der Waals surface area contributed by atoms with Crippen LogP contribution in [0.3, 0.4) is 0 Å². The number of carbonyl (C=O) groups excluding carboxylic acids is 1. The summed E-state index contributed by atoms with van der Waals surface area (Å²) in [6.07, 6.45) is 0.130. The van der Waals surface area contributed by atoms with Gasteiger partial charge in [0.05, 0.1) is 0 Å². The van der Waals surface area contributed by atoms with Gasteiger partial charge < -0.3 is 4.74 Å². The van der Waals surface area contributed by atoms with E-state index in [2.05, 4.69) is 17.9 Å². The molecule has 1 atom stereocenters. The predicted molar refractivity (Wildman–Crippen MR) is 40.4 cm³/mol. The molecule has 0 saturated carbocycles. The minimum absolute atomic E-state index is 0.336. The molecule has 0 heterocycles. The van der Waals surface area contributed by atoms with Crippen LogP contribution in [0.2, 0.25) is 0 Å². The first-order chi connectivity index (χ1) is 5.65. The Morgan fingerprint density at radius 2 is 2.17 bits per heavy atom. The summed E-state index contributed by atoms with van der Waals surface area (Å²) in [7, 11) is 0. The minimum Gasteiger partial charge on any atom is -0.438 e. The summed E-state index contributed by atoms with van der Waals surface area (Å²) >= 11 is 0. The molecule has 0 aromatic heterocycles. The van der Waals surface area contributed by atoms with E-state index in [1.807, 2.05) is 0 Å². The van der Waals surface area contributed by atoms with E-state index in [9.17, 15) is 4.79 Å². The third kappa shape index (κ3) is 2.68. The molecular formula is C8H6N2O2. The number of hydrogen-bond donors (Lipinski definition) is 0. The number of rotatable bonds is 3. The second-order valence-electron chi connectivity index (χ2n) is 1.78. The van der Waals surface area contributed by atoms with Gasteiger partial charge in [-0.25, -0.2) is 4.79 Å². The van der Waals surface area contributed by atoms with Crippen molar-refractivity contribution in [2.45, 2.75) is 6.10 Å². The van der Waals surface area contributed by atoms with Gasteiger partial charge in [0.2, 0.25) is 6.10 Å². The molecule has 0 aliphatic heterocycles. The van der Waals surface area contributed by atoms with Crippen LogP contribution >= 0.6 is 0 Å². The van der Waals surface area contributed by atoms with Crippen LogP contribution in [0.25, 0.3) is 0 Å². The molecule has 4 nitrogen and oxygen atoms in total. The number of nitrogens with zero attached hydrogens (tertiary/aromatic N) is 2. The second kappa shape index (κ2) is 4.70. The quantitative estimate of drug-likeness (QED) is 0.265. The van der Waals surface area contributed by atoms with Crippen molar-refractivity contribution in [2.75, 3.05) is 0 Å². The summed E-state index contributed by atoms with van der Waals surface area (Å²) in [6, 6.07) is 3.16. The molecule has 0 saturated heterocycles. The molecular weight excluding hydrogens is 156 g/mol. The topological polar surface area (TPSA) is 73.9 Å². The monoisotopic (exact) mass is 162 g/mol. The van der Waals surface area contributed by atoms with Crippen molar-refractivity contribution in [1.82, 2.24) is 0 Å². The summed E-state index contributed by atoms with van der Waals surface area (Å²) in [4.78, 5) is 10.8. The molecule has 0 aliphatic carbocycles. The van der Waals surface area contributed by atoms with Gasteiger partial charge in [0.15, 0.2) is 0 Å². The molecule has 0 fully saturated rings. The molecule has 60 valence electrons. The van der Waals surface area contributed by atoms with Crippen molar-refractivity contribution in [3.05, 3.63) is 24.8 Å². The summed E-state index contributed by atoms with van der Waals surface area (Å²) in [5.41, 5.74) is -0.336. The number of nitriles is 2. The molecule has 4 heteroatoms. The maximum absolute atomic E-state index is 10.8. The lowest BCUT2D eigenvalue weighted by Gasteiger charge is -2.03. The number of carbonyl (C=O) groups is 1. The minimum atomic E-state index is -1.03. The highest BCUT2D eigenvalue weighted by Crippen LogP contribution is 1.98. The Morgan fingerprint density at radius 1 is 1.58 bits per heavy atom. The molecule has 0 rings (SSSR count). The third-order valence-corrected chi connectivity index (χ3v) is 0.957. The fraction of sp³-hybridized carbons (Fsp3) is 0.125. The normalized spacial score (nSPS) is 10.2. The van der Waals surface area contributed by atoms with E-state index in [0.29, 0.717) is 0 Å². The van der Waals surface area contributed by atoms with Crippen molar-refractivity contribution in [1.29, 1.82) is 10.5 Å². The van der Waals surface area contributed by atoms with Gasteiger partial charge in [-0.05, 0) is 6.08 Å². The van der Waals surface area contributed by atoms with Crippen LogP contribution in [0.15, 0.2) is 24.8 Å². The smallest absolute Gasteiger partial charge is 0.349 e. The lowest BCUT2D eigenvalue weighted by Crippen LogP contribution is -2.14. The SMILES string of the molecule is C=CC(C#N)OC(=O)C(=C)C#N. The zero-order valence-corrected chi connectivity index (χ0v) is 6.28. The lowest BCUT2D eigenvalue weighted by atomic mass is 10.3. The van der Waals surface area contributed by atoms with E-state index >= 15 is 0 Å². The second-order valence-corrected chi connectivity index (χ2v) is 1.78. The van der Waals surface area contributed by atoms with Crippen LogP contribution in [0.1, 0.15) is 0 Å². The maximum atomic E-state index is 10.8. The highest BCUT2D eigenvalue weighted by atomic mass is 16.5. The number of ether oxygens (including phenoxy) is 1. The van der Waals surface area contributed by atoms with Gasteiger partial charge in [-0.2, -0.15) is 10.5 Å². The van der Waals surface area contributed by atoms with E-state index in [1.165, 1.54) is 6.07 Å². The highest BCUT2D eigenvalue weighted by Gasteiger charge is 2.12. The third-order valence-electron chi connectivity index (χ3n) is 0.957. The number of hydrogen-bond acceptors (Lipinski definition) is 4. The van der Waals surface area contributed by atoms with Crippen LogP contribution in [0.4, 0.5) is 0 Å². The van der Waals surface area contributed by atoms with Gasteiger partial charge in [-0.1, -0.05) is 13.2 Å². The number of esters is 1. The Bertz CT molecular complexity index is 293. The lowest BCUT2D eigenvalue weighted by molar-refractivity contribution is -0.139. The molecule has 1 unspecified atom stereocenters. The Kier molecular flexibility index (Phi) is 3.89. The molecule has 12 heavy (non-hydrogen) atoms. The molecule has 0 aliphatic rings. The van der Waals surface area contributed by atoms with Gasteiger partial charge in [0, 0.05) is 0 Å². The van der Waals surface area contributed by atoms with E-state index in [-0.39, 0.29) is 5.57 Å². The van der Waals surface area contributed by atoms with E-state index in [0.717, 1.165) is 6.08 Å². The zero-order chi connectivity index (χ0) is 9.56. The van der Waals surface area contributed by atoms with Crippen LogP contribution in [0.5, 0.6) is 0 Å². The standard InChI is InChI=1S/C8H6N2O2/c1-3-7(5-10)12-8(11)6(2)4-9/h3,7H,1-2H2. The average Bonchev–Trinajstić information content (AvgIpc) is 2.12. The van der Waals surface area contributed by atoms with Crippen molar-refractivity contribution in [3.63, 3.8) is 0 Å². The molecule has 0 aromatic carbocycles. The van der Waals surface area contributed by atoms with Crippen LogP contribution in [-0.4, -0.2) is 12.1 Å². The van der Waals surface area contributed by atoms with Crippen LogP contribution < -0.4 is 0 Å². The fourth-order valence-corrected chi connectivity index (χ4v) is 0.359. The average molecular weight is 162 g/mol. The summed E-state index contributed by atoms with van der Waals surface area (Å²) in [5, 5.41) is 16.5. The van der Waals surface area contributed by atoms with Crippen molar-refractivity contribution < 1.29 is 9.53 Å². The first-order valence-electron chi connectivity index (χ1n) is 2.97. The first kappa shape index (κ1) is 9.93. The predicted octanol–water partition coefficient (Wildman–Crippen LogP) is 0.688. The van der Waals surface area contributed by atoms with Crippen LogP contribution in [-0.2, 0) is 9.53 Å². The van der Waals surface area contributed by atoms with E-state index in [1.54, 1.807) is 6.07 Å². The molecule has 0 N–H and O–H groups in total. The van der Waals surface area contributed by atoms with Gasteiger partial charge in [-0.15, -0.1) is 0 Å². The van der Waals surface area contributed by atoms with Gasteiger partial charge in [-0.3, -0.25) is 0 Å². The Labute approximate surface area is 70.0 Å². The first-order valence-corrected chi connectivity index (χ1v) is 2.97. The van der Waals surface area contributed by atoms with Gasteiger partial charge >= 0.3 is 5.97 Å². The Balaban J connectivity index is 4.21. The van der Waals surface area contributed by atoms with E-state index in [4.69, 9.17) is 10.5 Å². The summed E-state index contributed by atoms with van der Waals surface area (Å²) in [6.45, 7) is 6.37. The van der Waals surface area contributed by atoms with Gasteiger partial charge in [0.1, 0.15) is 17.7 Å². The largest absolute Gasteiger partial charge is 0.438 e. The Morgan fingerprint density at radius 3 is 2.50 bits per heavy atom. The summed E-state index contributed by atoms with van der Waals surface area (Å²) < 4.78 is 4.46.